The average molecular weight is 351 g/mol. The topological polar surface area (TPSA) is 98.8 Å². The van der Waals surface area contributed by atoms with Gasteiger partial charge in [0.05, 0.1) is 18.1 Å². The molecule has 128 valence electrons. The fourth-order valence-electron chi connectivity index (χ4n) is 1.51. The minimum absolute atomic E-state index is 0.0956. The molecule has 0 aliphatic rings. The van der Waals surface area contributed by atoms with Crippen molar-refractivity contribution in [3.05, 3.63) is 29.8 Å². The first kappa shape index (κ1) is 19.0. The Morgan fingerprint density at radius 2 is 1.61 bits per heavy atom. The van der Waals surface area contributed by atoms with Crippen molar-refractivity contribution in [2.24, 2.45) is 0 Å². The van der Waals surface area contributed by atoms with E-state index in [9.17, 15) is 26.8 Å². The number of hydrogen-bond donors (Lipinski definition) is 1. The first-order chi connectivity index (χ1) is 10.7. The van der Waals surface area contributed by atoms with Gasteiger partial charge in [-0.25, -0.2) is 26.8 Å². The van der Waals surface area contributed by atoms with Crippen molar-refractivity contribution >= 4 is 22.0 Å². The Morgan fingerprint density at radius 1 is 1.09 bits per heavy atom. The highest BCUT2D eigenvalue weighted by atomic mass is 32.2. The minimum atomic E-state index is -4.48. The molecule has 0 aliphatic heterocycles. The number of rotatable bonds is 7. The Morgan fingerprint density at radius 3 is 2.04 bits per heavy atom. The summed E-state index contributed by atoms with van der Waals surface area (Å²) in [5.74, 6) is -4.97. The van der Waals surface area contributed by atoms with Crippen LogP contribution in [0.5, 0.6) is 0 Å². The summed E-state index contributed by atoms with van der Waals surface area (Å²) in [5, 5.41) is 0. The molecule has 0 aliphatic carbocycles. The molecule has 0 amide bonds. The van der Waals surface area contributed by atoms with E-state index in [0.29, 0.717) is 12.1 Å². The summed E-state index contributed by atoms with van der Waals surface area (Å²) in [6.45, 7) is 2.73. The van der Waals surface area contributed by atoms with Crippen LogP contribution in [0.1, 0.15) is 13.8 Å². The van der Waals surface area contributed by atoms with Crippen LogP contribution in [-0.2, 0) is 29.1 Å². The van der Waals surface area contributed by atoms with Gasteiger partial charge in [0, 0.05) is 0 Å². The van der Waals surface area contributed by atoms with Gasteiger partial charge in [0.1, 0.15) is 0 Å². The van der Waals surface area contributed by atoms with Crippen molar-refractivity contribution in [1.29, 1.82) is 0 Å². The number of halogens is 2. The zero-order valence-corrected chi connectivity index (χ0v) is 13.2. The second kappa shape index (κ2) is 7.97. The van der Waals surface area contributed by atoms with Crippen LogP contribution in [-0.4, -0.2) is 39.6 Å². The number of carbonyl (C=O) groups is 2. The molecule has 0 radical (unpaired) electrons. The van der Waals surface area contributed by atoms with E-state index < -0.39 is 44.5 Å². The van der Waals surface area contributed by atoms with E-state index in [-0.39, 0.29) is 13.2 Å². The molecule has 1 N–H and O–H groups in total. The lowest BCUT2D eigenvalue weighted by Crippen LogP contribution is -2.48. The standard InChI is InChI=1S/C13H15F2NO6S/c1-3-21-12(17)11(13(18)22-4-2)16-23(19,20)8-5-6-9(14)10(15)7-8/h5-7,11,16H,3-4H2,1-2H3. The summed E-state index contributed by atoms with van der Waals surface area (Å²) in [6, 6.07) is -0.139. The predicted octanol–water partition coefficient (Wildman–Crippen LogP) is 0.738. The SMILES string of the molecule is CCOC(=O)C(NS(=O)(=O)c1ccc(F)c(F)c1)C(=O)OCC. The number of carbonyl (C=O) groups excluding carboxylic acids is 2. The molecule has 0 bridgehead atoms. The Kier molecular flexibility index (Phi) is 6.58. The van der Waals surface area contributed by atoms with Crippen molar-refractivity contribution in [2.45, 2.75) is 24.8 Å². The quantitative estimate of drug-likeness (QED) is 0.575. The summed E-state index contributed by atoms with van der Waals surface area (Å²) < 4.78 is 61.2. The lowest BCUT2D eigenvalue weighted by atomic mass is 10.3. The lowest BCUT2D eigenvalue weighted by molar-refractivity contribution is -0.157. The molecule has 1 aromatic carbocycles. The second-order valence-corrected chi connectivity index (χ2v) is 5.85. The zero-order valence-electron chi connectivity index (χ0n) is 12.3. The van der Waals surface area contributed by atoms with Crippen LogP contribution < -0.4 is 4.72 Å². The van der Waals surface area contributed by atoms with Crippen molar-refractivity contribution in [2.75, 3.05) is 13.2 Å². The Bertz CT molecular complexity index is 674. The van der Waals surface area contributed by atoms with Crippen LogP contribution in [0.4, 0.5) is 8.78 Å². The Hall–Kier alpha value is -2.07. The average Bonchev–Trinajstić information content (AvgIpc) is 2.48. The highest BCUT2D eigenvalue weighted by Gasteiger charge is 2.34. The smallest absolute Gasteiger partial charge is 0.335 e. The van der Waals surface area contributed by atoms with Crippen LogP contribution in [0.3, 0.4) is 0 Å². The summed E-state index contributed by atoms with van der Waals surface area (Å²) >= 11 is 0. The zero-order chi connectivity index (χ0) is 17.6. The normalized spacial score (nSPS) is 11.3. The number of nitrogens with one attached hydrogen (secondary N) is 1. The van der Waals surface area contributed by atoms with E-state index in [1.54, 1.807) is 4.72 Å². The van der Waals surface area contributed by atoms with Crippen molar-refractivity contribution in [1.82, 2.24) is 4.72 Å². The maximum absolute atomic E-state index is 13.2. The maximum Gasteiger partial charge on any atom is 0.335 e. The Balaban J connectivity index is 3.11. The summed E-state index contributed by atoms with van der Waals surface area (Å²) in [4.78, 5) is 22.8. The fraction of sp³-hybridized carbons (Fsp3) is 0.385. The monoisotopic (exact) mass is 351 g/mol. The van der Waals surface area contributed by atoms with Gasteiger partial charge in [-0.1, -0.05) is 0 Å². The molecular formula is C13H15F2NO6S. The van der Waals surface area contributed by atoms with Crippen LogP contribution in [0, 0.1) is 11.6 Å². The highest BCUT2D eigenvalue weighted by Crippen LogP contribution is 2.14. The number of sulfonamides is 1. The van der Waals surface area contributed by atoms with E-state index in [1.165, 1.54) is 13.8 Å². The third kappa shape index (κ3) is 4.96. The molecule has 0 atom stereocenters. The van der Waals surface area contributed by atoms with Gasteiger partial charge in [0.2, 0.25) is 16.1 Å². The van der Waals surface area contributed by atoms with E-state index in [0.717, 1.165) is 6.07 Å². The molecule has 0 saturated heterocycles. The van der Waals surface area contributed by atoms with Gasteiger partial charge in [-0.2, -0.15) is 4.72 Å². The van der Waals surface area contributed by atoms with E-state index >= 15 is 0 Å². The van der Waals surface area contributed by atoms with Gasteiger partial charge in [0.15, 0.2) is 11.6 Å². The van der Waals surface area contributed by atoms with Gasteiger partial charge in [-0.15, -0.1) is 0 Å². The number of benzene rings is 1. The van der Waals surface area contributed by atoms with E-state index in [1.807, 2.05) is 0 Å². The van der Waals surface area contributed by atoms with Crippen LogP contribution in [0.2, 0.25) is 0 Å². The van der Waals surface area contributed by atoms with Gasteiger partial charge < -0.3 is 9.47 Å². The fourth-order valence-corrected chi connectivity index (χ4v) is 2.66. The van der Waals surface area contributed by atoms with Crippen molar-refractivity contribution in [3.8, 4) is 0 Å². The molecule has 23 heavy (non-hydrogen) atoms. The summed E-state index contributed by atoms with van der Waals surface area (Å²) in [7, 11) is -4.48. The van der Waals surface area contributed by atoms with E-state index in [2.05, 4.69) is 9.47 Å². The van der Waals surface area contributed by atoms with Gasteiger partial charge in [0.25, 0.3) is 0 Å². The third-order valence-electron chi connectivity index (χ3n) is 2.52. The molecular weight excluding hydrogens is 336 g/mol. The van der Waals surface area contributed by atoms with Crippen molar-refractivity contribution < 1.29 is 36.3 Å². The van der Waals surface area contributed by atoms with Gasteiger partial charge in [-0.3, -0.25) is 0 Å². The molecule has 0 heterocycles. The molecule has 10 heteroatoms. The second-order valence-electron chi connectivity index (χ2n) is 4.13. The van der Waals surface area contributed by atoms with Gasteiger partial charge in [-0.05, 0) is 32.0 Å². The highest BCUT2D eigenvalue weighted by molar-refractivity contribution is 7.89. The molecule has 0 saturated carbocycles. The molecule has 7 nitrogen and oxygen atoms in total. The van der Waals surface area contributed by atoms with Gasteiger partial charge >= 0.3 is 11.9 Å². The number of hydrogen-bond acceptors (Lipinski definition) is 6. The molecule has 0 aromatic heterocycles. The Labute approximate surface area is 131 Å². The molecule has 0 unspecified atom stereocenters. The summed E-state index contributed by atoms with van der Waals surface area (Å²) in [5.41, 5.74) is 0. The first-order valence-corrected chi connectivity index (χ1v) is 8.01. The largest absolute Gasteiger partial charge is 0.464 e. The predicted molar refractivity (Wildman–Crippen MR) is 73.7 cm³/mol. The molecule has 0 fully saturated rings. The molecule has 1 rings (SSSR count). The van der Waals surface area contributed by atoms with E-state index in [4.69, 9.17) is 0 Å². The third-order valence-corrected chi connectivity index (χ3v) is 3.94. The minimum Gasteiger partial charge on any atom is -0.464 e. The lowest BCUT2D eigenvalue weighted by Gasteiger charge is -2.16. The number of ether oxygens (including phenoxy) is 2. The van der Waals surface area contributed by atoms with Crippen LogP contribution >= 0.6 is 0 Å². The maximum atomic E-state index is 13.2. The van der Waals surface area contributed by atoms with Crippen LogP contribution in [0.15, 0.2) is 23.1 Å². The van der Waals surface area contributed by atoms with Crippen molar-refractivity contribution in [3.63, 3.8) is 0 Å². The molecule has 1 aromatic rings. The molecule has 0 spiro atoms. The number of esters is 2. The van der Waals surface area contributed by atoms with Crippen LogP contribution in [0.25, 0.3) is 0 Å². The summed E-state index contributed by atoms with van der Waals surface area (Å²) in [6.07, 6.45) is 0. The first-order valence-electron chi connectivity index (χ1n) is 6.53.